The van der Waals surface area contributed by atoms with Crippen molar-refractivity contribution in [2.45, 2.75) is 18.4 Å². The largest absolute Gasteiger partial charge is 0.460 e. The Kier molecular flexibility index (Phi) is 3.28. The van der Waals surface area contributed by atoms with Gasteiger partial charge < -0.3 is 9.30 Å². The SMILES string of the molecule is C=CCOC(=O)[C@]1(c2nccn2C)CCCN1. The number of nitrogens with zero attached hydrogens (tertiary/aromatic N) is 2. The van der Waals surface area contributed by atoms with Crippen LogP contribution in [0.3, 0.4) is 0 Å². The number of imidazole rings is 1. The van der Waals surface area contributed by atoms with E-state index in [0.29, 0.717) is 12.2 Å². The lowest BCUT2D eigenvalue weighted by atomic mass is 9.96. The van der Waals surface area contributed by atoms with Gasteiger partial charge in [0.05, 0.1) is 0 Å². The summed E-state index contributed by atoms with van der Waals surface area (Å²) in [5.74, 6) is 0.438. The van der Waals surface area contributed by atoms with Crippen molar-refractivity contribution in [2.24, 2.45) is 7.05 Å². The molecule has 1 fully saturated rings. The zero-order valence-electron chi connectivity index (χ0n) is 9.98. The lowest BCUT2D eigenvalue weighted by Crippen LogP contribution is -2.47. The second-order valence-electron chi connectivity index (χ2n) is 4.18. The standard InChI is InChI=1S/C12H17N3O2/c1-3-9-17-11(16)12(5-4-6-14-12)10-13-7-8-15(10)2/h3,7-8,14H,1,4-6,9H2,2H3/t12-/m1/s1. The van der Waals surface area contributed by atoms with Crippen LogP contribution < -0.4 is 5.32 Å². The predicted octanol–water partition coefficient (Wildman–Crippen LogP) is 0.728. The molecule has 1 aliphatic rings. The second-order valence-corrected chi connectivity index (χ2v) is 4.18. The number of nitrogens with one attached hydrogen (secondary N) is 1. The van der Waals surface area contributed by atoms with Gasteiger partial charge in [-0.25, -0.2) is 9.78 Å². The van der Waals surface area contributed by atoms with Gasteiger partial charge >= 0.3 is 5.97 Å². The summed E-state index contributed by atoms with van der Waals surface area (Å²) in [6, 6.07) is 0. The number of hydrogen-bond donors (Lipinski definition) is 1. The van der Waals surface area contributed by atoms with Gasteiger partial charge in [-0.05, 0) is 19.4 Å². The first-order chi connectivity index (χ1) is 8.20. The third-order valence-electron chi connectivity index (χ3n) is 3.04. The highest BCUT2D eigenvalue weighted by Crippen LogP contribution is 2.30. The first kappa shape index (κ1) is 11.9. The van der Waals surface area contributed by atoms with Crippen LogP contribution in [0.15, 0.2) is 25.0 Å². The lowest BCUT2D eigenvalue weighted by Gasteiger charge is -2.26. The Morgan fingerprint density at radius 1 is 1.82 bits per heavy atom. The maximum absolute atomic E-state index is 12.2. The Labute approximate surface area is 100 Å². The molecule has 5 nitrogen and oxygen atoms in total. The molecule has 1 saturated heterocycles. The number of aryl methyl sites for hydroxylation is 1. The van der Waals surface area contributed by atoms with E-state index in [1.807, 2.05) is 17.8 Å². The second kappa shape index (κ2) is 4.71. The summed E-state index contributed by atoms with van der Waals surface area (Å²) < 4.78 is 7.04. The predicted molar refractivity (Wildman–Crippen MR) is 63.3 cm³/mol. The highest BCUT2D eigenvalue weighted by Gasteiger charge is 2.47. The topological polar surface area (TPSA) is 56.1 Å². The van der Waals surface area contributed by atoms with Crippen LogP contribution in [0.1, 0.15) is 18.7 Å². The van der Waals surface area contributed by atoms with Crippen LogP contribution in [0.2, 0.25) is 0 Å². The zero-order chi connectivity index (χ0) is 12.3. The van der Waals surface area contributed by atoms with E-state index >= 15 is 0 Å². The van der Waals surface area contributed by atoms with Gasteiger partial charge in [-0.15, -0.1) is 0 Å². The summed E-state index contributed by atoms with van der Waals surface area (Å²) in [5.41, 5.74) is -0.790. The van der Waals surface area contributed by atoms with Gasteiger partial charge in [0, 0.05) is 19.4 Å². The molecule has 0 amide bonds. The number of ether oxygens (including phenoxy) is 1. The molecule has 0 bridgehead atoms. The molecule has 0 saturated carbocycles. The molecule has 0 aliphatic carbocycles. The minimum atomic E-state index is -0.790. The number of esters is 1. The van der Waals surface area contributed by atoms with E-state index in [-0.39, 0.29) is 12.6 Å². The number of carbonyl (C=O) groups is 1. The molecule has 17 heavy (non-hydrogen) atoms. The molecule has 92 valence electrons. The van der Waals surface area contributed by atoms with Crippen LogP contribution >= 0.6 is 0 Å². The number of hydrogen-bond acceptors (Lipinski definition) is 4. The number of rotatable bonds is 4. The van der Waals surface area contributed by atoms with E-state index in [4.69, 9.17) is 4.74 Å². The smallest absolute Gasteiger partial charge is 0.334 e. The molecule has 1 aromatic rings. The molecule has 2 rings (SSSR count). The van der Waals surface area contributed by atoms with Crippen LogP contribution in [0.5, 0.6) is 0 Å². The molecule has 5 heteroatoms. The molecule has 1 atom stereocenters. The Hall–Kier alpha value is -1.62. The van der Waals surface area contributed by atoms with Crippen molar-refractivity contribution >= 4 is 5.97 Å². The molecule has 2 heterocycles. The first-order valence-corrected chi connectivity index (χ1v) is 5.71. The molecule has 0 radical (unpaired) electrons. The highest BCUT2D eigenvalue weighted by molar-refractivity contribution is 5.82. The summed E-state index contributed by atoms with van der Waals surface area (Å²) in [6.07, 6.45) is 6.75. The average molecular weight is 235 g/mol. The van der Waals surface area contributed by atoms with Crippen LogP contribution in [-0.4, -0.2) is 28.7 Å². The van der Waals surface area contributed by atoms with Crippen LogP contribution in [0.4, 0.5) is 0 Å². The molecule has 0 spiro atoms. The van der Waals surface area contributed by atoms with Gasteiger partial charge in [0.25, 0.3) is 0 Å². The van der Waals surface area contributed by atoms with Crippen molar-refractivity contribution in [1.29, 1.82) is 0 Å². The fraction of sp³-hybridized carbons (Fsp3) is 0.500. The molecule has 1 N–H and O–H groups in total. The quantitative estimate of drug-likeness (QED) is 0.617. The van der Waals surface area contributed by atoms with Gasteiger partial charge in [0.15, 0.2) is 5.54 Å². The van der Waals surface area contributed by atoms with Crippen molar-refractivity contribution in [2.75, 3.05) is 13.2 Å². The summed E-state index contributed by atoms with van der Waals surface area (Å²) in [7, 11) is 1.88. The van der Waals surface area contributed by atoms with Gasteiger partial charge in [0.2, 0.25) is 0 Å². The number of aromatic nitrogens is 2. The van der Waals surface area contributed by atoms with Crippen molar-refractivity contribution in [3.8, 4) is 0 Å². The highest BCUT2D eigenvalue weighted by atomic mass is 16.5. The summed E-state index contributed by atoms with van der Waals surface area (Å²) >= 11 is 0. The van der Waals surface area contributed by atoms with Crippen molar-refractivity contribution in [1.82, 2.24) is 14.9 Å². The normalized spacial score (nSPS) is 23.6. The fourth-order valence-electron chi connectivity index (χ4n) is 2.23. The fourth-order valence-corrected chi connectivity index (χ4v) is 2.23. The Balaban J connectivity index is 2.30. The zero-order valence-corrected chi connectivity index (χ0v) is 9.98. The van der Waals surface area contributed by atoms with E-state index in [2.05, 4.69) is 16.9 Å². The van der Waals surface area contributed by atoms with Crippen LogP contribution in [0.25, 0.3) is 0 Å². The van der Waals surface area contributed by atoms with Gasteiger partial charge in [-0.1, -0.05) is 12.7 Å². The summed E-state index contributed by atoms with van der Waals surface area (Å²) in [5, 5.41) is 3.23. The molecule has 1 aromatic heterocycles. The Morgan fingerprint density at radius 3 is 3.18 bits per heavy atom. The van der Waals surface area contributed by atoms with Gasteiger partial charge in [-0.2, -0.15) is 0 Å². The van der Waals surface area contributed by atoms with Crippen LogP contribution in [-0.2, 0) is 22.1 Å². The van der Waals surface area contributed by atoms with Crippen molar-refractivity contribution in [3.05, 3.63) is 30.9 Å². The van der Waals surface area contributed by atoms with Gasteiger partial charge in [-0.3, -0.25) is 5.32 Å². The first-order valence-electron chi connectivity index (χ1n) is 5.71. The third-order valence-corrected chi connectivity index (χ3v) is 3.04. The van der Waals surface area contributed by atoms with E-state index in [1.165, 1.54) is 0 Å². The molecule has 1 aliphatic heterocycles. The minimum Gasteiger partial charge on any atom is -0.460 e. The van der Waals surface area contributed by atoms with E-state index < -0.39 is 5.54 Å². The van der Waals surface area contributed by atoms with E-state index in [9.17, 15) is 4.79 Å². The maximum atomic E-state index is 12.2. The number of carbonyl (C=O) groups excluding carboxylic acids is 1. The molecular formula is C12H17N3O2. The Morgan fingerprint density at radius 2 is 2.65 bits per heavy atom. The van der Waals surface area contributed by atoms with Gasteiger partial charge in [0.1, 0.15) is 12.4 Å². The van der Waals surface area contributed by atoms with E-state index in [1.54, 1.807) is 12.3 Å². The molecular weight excluding hydrogens is 218 g/mol. The Bertz CT molecular complexity index is 419. The summed E-state index contributed by atoms with van der Waals surface area (Å²) in [4.78, 5) is 16.5. The lowest BCUT2D eigenvalue weighted by molar-refractivity contribution is -0.150. The maximum Gasteiger partial charge on any atom is 0.334 e. The van der Waals surface area contributed by atoms with Crippen LogP contribution in [0, 0.1) is 0 Å². The monoisotopic (exact) mass is 235 g/mol. The molecule has 0 aromatic carbocycles. The van der Waals surface area contributed by atoms with Crippen molar-refractivity contribution in [3.63, 3.8) is 0 Å². The van der Waals surface area contributed by atoms with E-state index in [0.717, 1.165) is 13.0 Å². The summed E-state index contributed by atoms with van der Waals surface area (Å²) in [6.45, 7) is 4.57. The van der Waals surface area contributed by atoms with Crippen molar-refractivity contribution < 1.29 is 9.53 Å². The molecule has 0 unspecified atom stereocenters. The average Bonchev–Trinajstić information content (AvgIpc) is 2.94. The minimum absolute atomic E-state index is 0.229. The third kappa shape index (κ3) is 1.98.